The summed E-state index contributed by atoms with van der Waals surface area (Å²) in [4.78, 5) is 0. The van der Waals surface area contributed by atoms with Crippen molar-refractivity contribution in [1.82, 2.24) is 14.9 Å². The number of nitrogens with zero attached hydrogens (tertiary/aromatic N) is 1. The van der Waals surface area contributed by atoms with E-state index in [0.29, 0.717) is 29.6 Å². The van der Waals surface area contributed by atoms with Gasteiger partial charge in [-0.05, 0) is 24.7 Å². The van der Waals surface area contributed by atoms with E-state index in [1.165, 1.54) is 0 Å². The lowest BCUT2D eigenvalue weighted by Crippen LogP contribution is -2.34. The van der Waals surface area contributed by atoms with Crippen LogP contribution in [0.4, 0.5) is 0 Å². The van der Waals surface area contributed by atoms with Gasteiger partial charge in [0.15, 0.2) is 5.03 Å². The molecular weight excluding hydrogens is 276 g/mol. The summed E-state index contributed by atoms with van der Waals surface area (Å²) in [6, 6.07) is 0. The lowest BCUT2D eigenvalue weighted by molar-refractivity contribution is 0.289. The number of nitrogens with one attached hydrogen (secondary N) is 2. The van der Waals surface area contributed by atoms with Gasteiger partial charge in [0.05, 0.1) is 0 Å². The van der Waals surface area contributed by atoms with Crippen molar-refractivity contribution in [3.8, 4) is 0 Å². The monoisotopic (exact) mass is 302 g/mol. The van der Waals surface area contributed by atoms with Gasteiger partial charge in [-0.3, -0.25) is 5.10 Å². The fourth-order valence-electron chi connectivity index (χ4n) is 2.41. The minimum absolute atomic E-state index is 0.0174. The second kappa shape index (κ2) is 6.69. The highest BCUT2D eigenvalue weighted by atomic mass is 32.2. The predicted molar refractivity (Wildman–Crippen MR) is 79.6 cm³/mol. The Morgan fingerprint density at radius 3 is 2.25 bits per heavy atom. The Kier molecular flexibility index (Phi) is 5.73. The summed E-state index contributed by atoms with van der Waals surface area (Å²) in [7, 11) is -3.62. The molecule has 0 aromatic carbocycles. The smallest absolute Gasteiger partial charge is 0.260 e. The van der Waals surface area contributed by atoms with Crippen LogP contribution in [0.15, 0.2) is 5.03 Å². The molecule has 116 valence electrons. The third-order valence-electron chi connectivity index (χ3n) is 3.72. The normalized spacial score (nSPS) is 12.8. The SMILES string of the molecule is Cc1[nH]nc(S(=O)(=O)NCC(C(C)C)C(C)C)c1CN. The molecule has 0 bridgehead atoms. The van der Waals surface area contributed by atoms with Crippen LogP contribution in [0.5, 0.6) is 0 Å². The van der Waals surface area contributed by atoms with Gasteiger partial charge in [0.1, 0.15) is 0 Å². The van der Waals surface area contributed by atoms with E-state index in [9.17, 15) is 8.42 Å². The molecule has 0 unspecified atom stereocenters. The molecule has 1 aromatic rings. The fourth-order valence-corrected chi connectivity index (χ4v) is 3.68. The zero-order valence-corrected chi connectivity index (χ0v) is 13.7. The number of H-pyrrole nitrogens is 1. The average molecular weight is 302 g/mol. The molecule has 0 aliphatic carbocycles. The van der Waals surface area contributed by atoms with Gasteiger partial charge >= 0.3 is 0 Å². The van der Waals surface area contributed by atoms with E-state index >= 15 is 0 Å². The van der Waals surface area contributed by atoms with Gasteiger partial charge in [-0.1, -0.05) is 27.7 Å². The molecule has 1 heterocycles. The van der Waals surface area contributed by atoms with Crippen LogP contribution in [0.2, 0.25) is 0 Å². The molecule has 0 radical (unpaired) electrons. The number of hydrogen-bond donors (Lipinski definition) is 3. The highest BCUT2D eigenvalue weighted by Gasteiger charge is 2.25. The van der Waals surface area contributed by atoms with Crippen LogP contribution in [0, 0.1) is 24.7 Å². The van der Waals surface area contributed by atoms with Crippen molar-refractivity contribution in [2.45, 2.75) is 46.2 Å². The van der Waals surface area contributed by atoms with Crippen molar-refractivity contribution >= 4 is 10.0 Å². The lowest BCUT2D eigenvalue weighted by atomic mass is 9.86. The molecule has 0 aliphatic rings. The van der Waals surface area contributed by atoms with Gasteiger partial charge in [-0.2, -0.15) is 5.10 Å². The van der Waals surface area contributed by atoms with Crippen LogP contribution in [0.3, 0.4) is 0 Å². The quantitative estimate of drug-likeness (QED) is 0.708. The van der Waals surface area contributed by atoms with E-state index in [-0.39, 0.29) is 17.5 Å². The number of rotatable bonds is 7. The second-order valence-corrected chi connectivity index (χ2v) is 7.52. The summed E-state index contributed by atoms with van der Waals surface area (Å²) in [5.74, 6) is 1.10. The molecule has 7 heteroatoms. The van der Waals surface area contributed by atoms with Crippen LogP contribution in [-0.2, 0) is 16.6 Å². The summed E-state index contributed by atoms with van der Waals surface area (Å²) in [6.07, 6.45) is 0. The number of nitrogens with two attached hydrogens (primary N) is 1. The molecule has 0 spiro atoms. The van der Waals surface area contributed by atoms with Crippen molar-refractivity contribution in [1.29, 1.82) is 0 Å². The molecule has 4 N–H and O–H groups in total. The van der Waals surface area contributed by atoms with E-state index in [1.807, 2.05) is 0 Å². The number of hydrogen-bond acceptors (Lipinski definition) is 4. The Hall–Kier alpha value is -0.920. The van der Waals surface area contributed by atoms with Crippen LogP contribution in [0.25, 0.3) is 0 Å². The molecule has 1 rings (SSSR count). The molecule has 0 saturated carbocycles. The van der Waals surface area contributed by atoms with Crippen molar-refractivity contribution < 1.29 is 8.42 Å². The maximum absolute atomic E-state index is 12.3. The molecule has 6 nitrogen and oxygen atoms in total. The number of aromatic nitrogens is 2. The van der Waals surface area contributed by atoms with Gasteiger partial charge in [-0.15, -0.1) is 0 Å². The van der Waals surface area contributed by atoms with Crippen molar-refractivity contribution in [3.05, 3.63) is 11.3 Å². The lowest BCUT2D eigenvalue weighted by Gasteiger charge is -2.24. The summed E-state index contributed by atoms with van der Waals surface area (Å²) < 4.78 is 27.3. The summed E-state index contributed by atoms with van der Waals surface area (Å²) >= 11 is 0. The fraction of sp³-hybridized carbons (Fsp3) is 0.769. The van der Waals surface area contributed by atoms with E-state index in [2.05, 4.69) is 42.6 Å². The average Bonchev–Trinajstić information content (AvgIpc) is 2.70. The third kappa shape index (κ3) is 3.80. The second-order valence-electron chi connectivity index (χ2n) is 5.84. The zero-order chi connectivity index (χ0) is 15.5. The zero-order valence-electron chi connectivity index (χ0n) is 12.9. The number of aromatic amines is 1. The Labute approximate surface area is 121 Å². The van der Waals surface area contributed by atoms with E-state index in [4.69, 9.17) is 5.73 Å². The van der Waals surface area contributed by atoms with Crippen LogP contribution < -0.4 is 10.5 Å². The van der Waals surface area contributed by atoms with Gasteiger partial charge < -0.3 is 5.73 Å². The Morgan fingerprint density at radius 2 is 1.80 bits per heavy atom. The summed E-state index contributed by atoms with van der Waals surface area (Å²) in [5, 5.41) is 6.57. The number of sulfonamides is 1. The first-order valence-corrected chi connectivity index (χ1v) is 8.42. The number of aryl methyl sites for hydroxylation is 1. The summed E-state index contributed by atoms with van der Waals surface area (Å²) in [6.45, 7) is 10.7. The molecule has 0 atom stereocenters. The minimum atomic E-state index is -3.62. The van der Waals surface area contributed by atoms with Crippen molar-refractivity contribution in [2.24, 2.45) is 23.5 Å². The highest BCUT2D eigenvalue weighted by molar-refractivity contribution is 7.89. The predicted octanol–water partition coefficient (Wildman–Crippen LogP) is 1.38. The maximum atomic E-state index is 12.3. The van der Waals surface area contributed by atoms with E-state index in [1.54, 1.807) is 6.92 Å². The van der Waals surface area contributed by atoms with Crippen LogP contribution >= 0.6 is 0 Å². The van der Waals surface area contributed by atoms with Gasteiger partial charge in [-0.25, -0.2) is 13.1 Å². The minimum Gasteiger partial charge on any atom is -0.326 e. The summed E-state index contributed by atoms with van der Waals surface area (Å²) in [5.41, 5.74) is 6.83. The molecule has 0 fully saturated rings. The molecule has 1 aromatic heterocycles. The highest BCUT2D eigenvalue weighted by Crippen LogP contribution is 2.21. The first kappa shape index (κ1) is 17.1. The topological polar surface area (TPSA) is 101 Å². The first-order chi connectivity index (χ1) is 9.20. The molecular formula is C13H26N4O2S. The van der Waals surface area contributed by atoms with Crippen LogP contribution in [-0.4, -0.2) is 25.2 Å². The molecule has 0 saturated heterocycles. The third-order valence-corrected chi connectivity index (χ3v) is 5.11. The van der Waals surface area contributed by atoms with Crippen molar-refractivity contribution in [2.75, 3.05) is 6.54 Å². The van der Waals surface area contributed by atoms with Gasteiger partial charge in [0.25, 0.3) is 10.0 Å². The Bertz CT molecular complexity index is 527. The largest absolute Gasteiger partial charge is 0.326 e. The van der Waals surface area contributed by atoms with Crippen LogP contribution in [0.1, 0.15) is 39.0 Å². The molecule has 0 aliphatic heterocycles. The Balaban J connectivity index is 2.90. The van der Waals surface area contributed by atoms with Crippen molar-refractivity contribution in [3.63, 3.8) is 0 Å². The standard InChI is InChI=1S/C13H26N4O2S/c1-8(2)12(9(3)4)7-15-20(18,19)13-11(6-14)10(5)16-17-13/h8-9,12,15H,6-7,14H2,1-5H3,(H,16,17). The Morgan fingerprint density at radius 1 is 1.25 bits per heavy atom. The molecule has 20 heavy (non-hydrogen) atoms. The van der Waals surface area contributed by atoms with Gasteiger partial charge in [0, 0.05) is 24.3 Å². The van der Waals surface area contributed by atoms with E-state index < -0.39 is 10.0 Å². The first-order valence-electron chi connectivity index (χ1n) is 6.94. The van der Waals surface area contributed by atoms with E-state index in [0.717, 1.165) is 0 Å². The molecule has 0 amide bonds. The van der Waals surface area contributed by atoms with Gasteiger partial charge in [0.2, 0.25) is 0 Å². The maximum Gasteiger partial charge on any atom is 0.260 e.